The van der Waals surface area contributed by atoms with Gasteiger partial charge in [0.1, 0.15) is 17.3 Å². The smallest absolute Gasteiger partial charge is 0.295 e. The summed E-state index contributed by atoms with van der Waals surface area (Å²) in [6.07, 6.45) is 0. The fourth-order valence-electron chi connectivity index (χ4n) is 4.45. The zero-order valence-corrected chi connectivity index (χ0v) is 22.0. The lowest BCUT2D eigenvalue weighted by atomic mass is 9.84. The lowest BCUT2D eigenvalue weighted by molar-refractivity contribution is -0.140. The molecule has 2 aromatic carbocycles. The van der Waals surface area contributed by atoms with Crippen molar-refractivity contribution in [1.82, 2.24) is 4.90 Å². The zero-order valence-electron chi connectivity index (χ0n) is 21.2. The normalized spacial score (nSPS) is 17.5. The van der Waals surface area contributed by atoms with Crippen molar-refractivity contribution in [3.05, 3.63) is 87.1 Å². The third-order valence-electron chi connectivity index (χ3n) is 6.24. The number of ketones is 1. The summed E-state index contributed by atoms with van der Waals surface area (Å²) in [5, 5.41) is 13.4. The van der Waals surface area contributed by atoms with Crippen molar-refractivity contribution in [2.75, 3.05) is 13.7 Å². The Balaban J connectivity index is 1.88. The number of likely N-dealkylation sites (tertiary alicyclic amines) is 1. The first-order chi connectivity index (χ1) is 17.2. The first-order valence-corrected chi connectivity index (χ1v) is 12.8. The van der Waals surface area contributed by atoms with E-state index in [0.717, 1.165) is 21.8 Å². The fraction of sp³-hybridized carbons (Fsp3) is 0.310. The van der Waals surface area contributed by atoms with E-state index in [2.05, 4.69) is 20.8 Å². The maximum absolute atomic E-state index is 13.4. The van der Waals surface area contributed by atoms with Crippen LogP contribution in [0.5, 0.6) is 11.5 Å². The SMILES string of the molecule is CCOc1ccc(/C(O)=C2/C(=O)C(=O)N(Cc3cccs3)C2c2ccc(OC)cc2)cc1C(C)(C)C. The van der Waals surface area contributed by atoms with Crippen molar-refractivity contribution in [2.45, 2.75) is 45.7 Å². The highest BCUT2D eigenvalue weighted by Gasteiger charge is 2.46. The molecule has 1 atom stereocenters. The molecular formula is C29H31NO5S. The van der Waals surface area contributed by atoms with Crippen LogP contribution in [0.2, 0.25) is 0 Å². The van der Waals surface area contributed by atoms with E-state index < -0.39 is 17.7 Å². The van der Waals surface area contributed by atoms with Crippen LogP contribution in [-0.2, 0) is 21.5 Å². The second kappa shape index (κ2) is 10.2. The first kappa shape index (κ1) is 25.5. The molecule has 0 bridgehead atoms. The zero-order chi connectivity index (χ0) is 26.0. The maximum Gasteiger partial charge on any atom is 0.295 e. The Labute approximate surface area is 215 Å². The number of ether oxygens (including phenoxy) is 2. The van der Waals surface area contributed by atoms with E-state index in [1.807, 2.05) is 48.7 Å². The van der Waals surface area contributed by atoms with Gasteiger partial charge < -0.3 is 19.5 Å². The third-order valence-corrected chi connectivity index (χ3v) is 7.10. The van der Waals surface area contributed by atoms with Crippen molar-refractivity contribution in [2.24, 2.45) is 0 Å². The predicted molar refractivity (Wildman–Crippen MR) is 141 cm³/mol. The summed E-state index contributed by atoms with van der Waals surface area (Å²) in [5.74, 6) is -0.137. The molecule has 0 aliphatic carbocycles. The van der Waals surface area contributed by atoms with Crippen LogP contribution in [0.4, 0.5) is 0 Å². The van der Waals surface area contributed by atoms with E-state index in [4.69, 9.17) is 9.47 Å². The van der Waals surface area contributed by atoms with Crippen LogP contribution in [0.3, 0.4) is 0 Å². The lowest BCUT2D eigenvalue weighted by Gasteiger charge is -2.26. The van der Waals surface area contributed by atoms with Gasteiger partial charge in [-0.15, -0.1) is 11.3 Å². The molecule has 1 aromatic heterocycles. The van der Waals surface area contributed by atoms with Crippen molar-refractivity contribution < 1.29 is 24.2 Å². The Morgan fingerprint density at radius 3 is 2.39 bits per heavy atom. The second-order valence-corrected chi connectivity index (χ2v) is 10.7. The Bertz CT molecular complexity index is 1290. The van der Waals surface area contributed by atoms with Crippen LogP contribution in [0.1, 0.15) is 55.3 Å². The molecule has 0 spiro atoms. The van der Waals surface area contributed by atoms with Crippen molar-refractivity contribution in [3.8, 4) is 11.5 Å². The molecule has 4 rings (SSSR count). The van der Waals surface area contributed by atoms with E-state index in [1.165, 1.54) is 16.2 Å². The van der Waals surface area contributed by atoms with E-state index in [-0.39, 0.29) is 23.3 Å². The van der Waals surface area contributed by atoms with Gasteiger partial charge in [0.05, 0.1) is 31.9 Å². The minimum Gasteiger partial charge on any atom is -0.507 e. The molecule has 188 valence electrons. The van der Waals surface area contributed by atoms with Crippen molar-refractivity contribution >= 4 is 28.8 Å². The number of carbonyl (C=O) groups is 2. The number of thiophene rings is 1. The van der Waals surface area contributed by atoms with Gasteiger partial charge in [-0.1, -0.05) is 39.0 Å². The standard InChI is InChI=1S/C29H31NO5S/c1-6-35-23-14-11-19(16-22(23)29(2,3)4)26(31)24-25(18-9-12-20(34-5)13-10-18)30(28(33)27(24)32)17-21-8-7-15-36-21/h7-16,25,31H,6,17H2,1-5H3/b26-24-. The van der Waals surface area contributed by atoms with Gasteiger partial charge in [-0.25, -0.2) is 0 Å². The molecule has 6 nitrogen and oxygen atoms in total. The molecule has 7 heteroatoms. The summed E-state index contributed by atoms with van der Waals surface area (Å²) in [7, 11) is 1.58. The Hall–Kier alpha value is -3.58. The maximum atomic E-state index is 13.4. The van der Waals surface area contributed by atoms with Crippen molar-refractivity contribution in [3.63, 3.8) is 0 Å². The van der Waals surface area contributed by atoms with Gasteiger partial charge in [-0.05, 0) is 59.7 Å². The monoisotopic (exact) mass is 505 g/mol. The second-order valence-electron chi connectivity index (χ2n) is 9.67. The Morgan fingerprint density at radius 2 is 1.81 bits per heavy atom. The quantitative estimate of drug-likeness (QED) is 0.239. The number of aliphatic hydroxyl groups excluding tert-OH is 1. The Kier molecular flexibility index (Phi) is 7.22. The van der Waals surface area contributed by atoms with Crippen LogP contribution < -0.4 is 9.47 Å². The largest absolute Gasteiger partial charge is 0.507 e. The topological polar surface area (TPSA) is 76.1 Å². The van der Waals surface area contributed by atoms with E-state index in [0.29, 0.717) is 17.9 Å². The minimum absolute atomic E-state index is 0.0748. The molecular weight excluding hydrogens is 474 g/mol. The first-order valence-electron chi connectivity index (χ1n) is 11.9. The summed E-state index contributed by atoms with van der Waals surface area (Å²) in [5.41, 5.74) is 1.90. The fourth-order valence-corrected chi connectivity index (χ4v) is 5.15. The molecule has 0 saturated carbocycles. The molecule has 1 saturated heterocycles. The number of hydrogen-bond donors (Lipinski definition) is 1. The molecule has 2 heterocycles. The van der Waals surface area contributed by atoms with Crippen LogP contribution in [0.25, 0.3) is 5.76 Å². The average molecular weight is 506 g/mol. The summed E-state index contributed by atoms with van der Waals surface area (Å²) in [4.78, 5) is 29.1. The number of aliphatic hydroxyl groups is 1. The lowest BCUT2D eigenvalue weighted by Crippen LogP contribution is -2.28. The minimum atomic E-state index is -0.734. The van der Waals surface area contributed by atoms with Gasteiger partial charge in [0.15, 0.2) is 0 Å². The number of nitrogens with zero attached hydrogens (tertiary/aromatic N) is 1. The van der Waals surface area contributed by atoms with Gasteiger partial charge in [0, 0.05) is 16.0 Å². The number of rotatable bonds is 7. The molecule has 1 fully saturated rings. The number of amides is 1. The average Bonchev–Trinajstić information content (AvgIpc) is 3.46. The van der Waals surface area contributed by atoms with Crippen molar-refractivity contribution in [1.29, 1.82) is 0 Å². The third kappa shape index (κ3) is 4.88. The van der Waals surface area contributed by atoms with Crippen LogP contribution in [0, 0.1) is 0 Å². The highest BCUT2D eigenvalue weighted by atomic mass is 32.1. The number of carbonyl (C=O) groups excluding carboxylic acids is 2. The van der Waals surface area contributed by atoms with Crippen LogP contribution in [-0.4, -0.2) is 35.4 Å². The van der Waals surface area contributed by atoms with Gasteiger partial charge >= 0.3 is 0 Å². The number of hydrogen-bond acceptors (Lipinski definition) is 6. The molecule has 1 N–H and O–H groups in total. The summed E-state index contributed by atoms with van der Waals surface area (Å²) in [6.45, 7) is 8.89. The molecule has 1 aliphatic heterocycles. The number of methoxy groups -OCH3 is 1. The summed E-state index contributed by atoms with van der Waals surface area (Å²) < 4.78 is 11.1. The summed E-state index contributed by atoms with van der Waals surface area (Å²) in [6, 6.07) is 15.7. The molecule has 1 unspecified atom stereocenters. The van der Waals surface area contributed by atoms with E-state index in [9.17, 15) is 14.7 Å². The highest BCUT2D eigenvalue weighted by molar-refractivity contribution is 7.09. The van der Waals surface area contributed by atoms with Gasteiger partial charge in [0.25, 0.3) is 11.7 Å². The Morgan fingerprint density at radius 1 is 1.08 bits per heavy atom. The molecule has 1 aliphatic rings. The van der Waals surface area contributed by atoms with Gasteiger partial charge in [0.2, 0.25) is 0 Å². The van der Waals surface area contributed by atoms with Crippen LogP contribution in [0.15, 0.2) is 65.6 Å². The number of benzene rings is 2. The highest BCUT2D eigenvalue weighted by Crippen LogP contribution is 2.42. The molecule has 36 heavy (non-hydrogen) atoms. The van der Waals surface area contributed by atoms with Gasteiger partial charge in [-0.3, -0.25) is 9.59 Å². The van der Waals surface area contributed by atoms with Gasteiger partial charge in [-0.2, -0.15) is 0 Å². The molecule has 0 radical (unpaired) electrons. The van der Waals surface area contributed by atoms with E-state index in [1.54, 1.807) is 25.3 Å². The molecule has 1 amide bonds. The molecule has 3 aromatic rings. The predicted octanol–water partition coefficient (Wildman–Crippen LogP) is 6.07. The van der Waals surface area contributed by atoms with Crippen LogP contribution >= 0.6 is 11.3 Å². The summed E-state index contributed by atoms with van der Waals surface area (Å²) >= 11 is 1.52. The van der Waals surface area contributed by atoms with E-state index >= 15 is 0 Å². The number of Topliss-reactive ketones (excluding diaryl/α,β-unsaturated/α-hetero) is 1.